The van der Waals surface area contributed by atoms with Crippen LogP contribution in [0.4, 0.5) is 0 Å². The van der Waals surface area contributed by atoms with Gasteiger partial charge in [-0.25, -0.2) is 0 Å². The molecule has 0 aromatic rings. The van der Waals surface area contributed by atoms with Gasteiger partial charge in [0, 0.05) is 19.0 Å². The Morgan fingerprint density at radius 3 is 2.88 bits per heavy atom. The summed E-state index contributed by atoms with van der Waals surface area (Å²) in [5.41, 5.74) is 0.295. The maximum Gasteiger partial charge on any atom is 0.157 e. The Morgan fingerprint density at radius 1 is 1.35 bits per heavy atom. The molecule has 3 fully saturated rings. The number of rotatable bonds is 1. The first-order valence-electron chi connectivity index (χ1n) is 6.84. The van der Waals surface area contributed by atoms with Gasteiger partial charge < -0.3 is 10.1 Å². The SMILES string of the molecule is CC1CCCC1N=C1NC2(CCOCC2)CS1. The van der Waals surface area contributed by atoms with E-state index in [2.05, 4.69) is 12.2 Å². The van der Waals surface area contributed by atoms with E-state index >= 15 is 0 Å². The van der Waals surface area contributed by atoms with Crippen molar-refractivity contribution >= 4 is 16.9 Å². The molecule has 0 aromatic heterocycles. The van der Waals surface area contributed by atoms with Crippen molar-refractivity contribution in [1.29, 1.82) is 0 Å². The number of thioether (sulfide) groups is 1. The Bertz CT molecular complexity index is 313. The van der Waals surface area contributed by atoms with E-state index in [1.165, 1.54) is 30.2 Å². The molecule has 1 aliphatic carbocycles. The van der Waals surface area contributed by atoms with E-state index in [-0.39, 0.29) is 0 Å². The van der Waals surface area contributed by atoms with Gasteiger partial charge in [0.2, 0.25) is 0 Å². The summed E-state index contributed by atoms with van der Waals surface area (Å²) in [6.45, 7) is 4.15. The van der Waals surface area contributed by atoms with Gasteiger partial charge in [0.1, 0.15) is 0 Å². The molecule has 2 saturated heterocycles. The third kappa shape index (κ3) is 2.48. The second-order valence-electron chi connectivity index (χ2n) is 5.72. The highest BCUT2D eigenvalue weighted by Gasteiger charge is 2.39. The summed E-state index contributed by atoms with van der Waals surface area (Å²) in [6, 6.07) is 0.569. The van der Waals surface area contributed by atoms with Gasteiger partial charge in [0.15, 0.2) is 5.17 Å². The normalized spacial score (nSPS) is 38.8. The minimum atomic E-state index is 0.295. The monoisotopic (exact) mass is 254 g/mol. The third-order valence-electron chi connectivity index (χ3n) is 4.41. The fourth-order valence-electron chi connectivity index (χ4n) is 3.07. The molecule has 2 atom stereocenters. The molecule has 2 aliphatic heterocycles. The topological polar surface area (TPSA) is 33.6 Å². The van der Waals surface area contributed by atoms with Gasteiger partial charge in [-0.15, -0.1) is 0 Å². The first kappa shape index (κ1) is 11.8. The molecule has 3 aliphatic rings. The van der Waals surface area contributed by atoms with Crippen LogP contribution in [0.2, 0.25) is 0 Å². The van der Waals surface area contributed by atoms with Crippen molar-refractivity contribution in [2.24, 2.45) is 10.9 Å². The van der Waals surface area contributed by atoms with Gasteiger partial charge in [-0.3, -0.25) is 4.99 Å². The molecule has 0 bridgehead atoms. The van der Waals surface area contributed by atoms with Crippen LogP contribution < -0.4 is 5.32 Å². The van der Waals surface area contributed by atoms with Crippen LogP contribution in [0.25, 0.3) is 0 Å². The molecule has 1 saturated carbocycles. The molecular weight excluding hydrogens is 232 g/mol. The van der Waals surface area contributed by atoms with E-state index in [1.807, 2.05) is 11.8 Å². The molecule has 2 unspecified atom stereocenters. The van der Waals surface area contributed by atoms with E-state index in [1.54, 1.807) is 0 Å². The van der Waals surface area contributed by atoms with Crippen molar-refractivity contribution in [2.45, 2.75) is 50.6 Å². The average Bonchev–Trinajstić information content (AvgIpc) is 2.90. The fourth-order valence-corrected chi connectivity index (χ4v) is 4.35. The molecule has 3 rings (SSSR count). The predicted molar refractivity (Wildman–Crippen MR) is 72.6 cm³/mol. The Balaban J connectivity index is 1.64. The van der Waals surface area contributed by atoms with E-state index in [0.29, 0.717) is 11.6 Å². The van der Waals surface area contributed by atoms with E-state index in [4.69, 9.17) is 9.73 Å². The van der Waals surface area contributed by atoms with Crippen molar-refractivity contribution < 1.29 is 4.74 Å². The number of hydrogen-bond donors (Lipinski definition) is 1. The number of amidine groups is 1. The van der Waals surface area contributed by atoms with Crippen LogP contribution in [0.1, 0.15) is 39.0 Å². The lowest BCUT2D eigenvalue weighted by Crippen LogP contribution is -2.48. The fraction of sp³-hybridized carbons (Fsp3) is 0.923. The summed E-state index contributed by atoms with van der Waals surface area (Å²) < 4.78 is 5.45. The summed E-state index contributed by atoms with van der Waals surface area (Å²) in [7, 11) is 0. The standard InChI is InChI=1S/C13H22N2OS/c1-10-3-2-4-11(10)14-12-15-13(9-17-12)5-7-16-8-6-13/h10-11H,2-9H2,1H3,(H,14,15). The van der Waals surface area contributed by atoms with E-state index in [9.17, 15) is 0 Å². The molecule has 4 heteroatoms. The molecule has 1 N–H and O–H groups in total. The molecule has 2 heterocycles. The smallest absolute Gasteiger partial charge is 0.157 e. The second kappa shape index (κ2) is 4.81. The highest BCUT2D eigenvalue weighted by atomic mass is 32.2. The number of hydrogen-bond acceptors (Lipinski definition) is 3. The average molecular weight is 254 g/mol. The first-order chi connectivity index (χ1) is 8.27. The van der Waals surface area contributed by atoms with Crippen LogP contribution in [0, 0.1) is 5.92 Å². The number of nitrogens with one attached hydrogen (secondary N) is 1. The molecule has 0 radical (unpaired) electrons. The predicted octanol–water partition coefficient (Wildman–Crippen LogP) is 2.42. The summed E-state index contributed by atoms with van der Waals surface area (Å²) in [5.74, 6) is 1.95. The lowest BCUT2D eigenvalue weighted by atomic mass is 9.93. The maximum atomic E-state index is 5.45. The molecule has 96 valence electrons. The van der Waals surface area contributed by atoms with Crippen molar-refractivity contribution in [3.8, 4) is 0 Å². The summed E-state index contributed by atoms with van der Waals surface area (Å²) >= 11 is 1.92. The quantitative estimate of drug-likeness (QED) is 0.780. The molecular formula is C13H22N2OS. The van der Waals surface area contributed by atoms with E-state index in [0.717, 1.165) is 32.0 Å². The highest BCUT2D eigenvalue weighted by molar-refractivity contribution is 8.14. The maximum absolute atomic E-state index is 5.45. The number of ether oxygens (including phenoxy) is 1. The van der Waals surface area contributed by atoms with Crippen LogP contribution in [0.3, 0.4) is 0 Å². The molecule has 1 spiro atoms. The van der Waals surface area contributed by atoms with Crippen LogP contribution in [-0.2, 0) is 4.74 Å². The lowest BCUT2D eigenvalue weighted by Gasteiger charge is -2.32. The van der Waals surface area contributed by atoms with Gasteiger partial charge >= 0.3 is 0 Å². The Morgan fingerprint density at radius 2 is 2.18 bits per heavy atom. The molecule has 17 heavy (non-hydrogen) atoms. The van der Waals surface area contributed by atoms with Crippen molar-refractivity contribution in [3.63, 3.8) is 0 Å². The van der Waals surface area contributed by atoms with Gasteiger partial charge in [0.05, 0.1) is 11.6 Å². The minimum Gasteiger partial charge on any atom is -0.381 e. The minimum absolute atomic E-state index is 0.295. The zero-order valence-electron chi connectivity index (χ0n) is 10.6. The molecule has 0 aromatic carbocycles. The third-order valence-corrected chi connectivity index (χ3v) is 5.58. The summed E-state index contributed by atoms with van der Waals surface area (Å²) in [5, 5.41) is 4.89. The van der Waals surface area contributed by atoms with Crippen LogP contribution >= 0.6 is 11.8 Å². The zero-order valence-corrected chi connectivity index (χ0v) is 11.4. The molecule has 3 nitrogen and oxygen atoms in total. The number of aliphatic imine (C=N–C) groups is 1. The Hall–Kier alpha value is -0.220. The van der Waals surface area contributed by atoms with Gasteiger partial charge in [0.25, 0.3) is 0 Å². The largest absolute Gasteiger partial charge is 0.381 e. The Labute approximate surface area is 108 Å². The Kier molecular flexibility index (Phi) is 3.35. The second-order valence-corrected chi connectivity index (χ2v) is 6.68. The van der Waals surface area contributed by atoms with Crippen LogP contribution in [0.5, 0.6) is 0 Å². The zero-order chi connectivity index (χ0) is 11.7. The summed E-state index contributed by atoms with van der Waals surface area (Å²) in [6.07, 6.45) is 6.26. The van der Waals surface area contributed by atoms with Gasteiger partial charge in [-0.05, 0) is 31.6 Å². The van der Waals surface area contributed by atoms with Gasteiger partial charge in [-0.2, -0.15) is 0 Å². The van der Waals surface area contributed by atoms with Crippen LogP contribution in [-0.4, -0.2) is 35.7 Å². The summed E-state index contributed by atoms with van der Waals surface area (Å²) in [4.78, 5) is 4.93. The van der Waals surface area contributed by atoms with Crippen molar-refractivity contribution in [1.82, 2.24) is 5.32 Å². The first-order valence-corrected chi connectivity index (χ1v) is 7.83. The van der Waals surface area contributed by atoms with E-state index < -0.39 is 0 Å². The van der Waals surface area contributed by atoms with Crippen molar-refractivity contribution in [2.75, 3.05) is 19.0 Å². The number of nitrogens with zero attached hydrogens (tertiary/aromatic N) is 1. The highest BCUT2D eigenvalue weighted by Crippen LogP contribution is 2.34. The van der Waals surface area contributed by atoms with Gasteiger partial charge in [-0.1, -0.05) is 25.1 Å². The lowest BCUT2D eigenvalue weighted by molar-refractivity contribution is 0.0555. The molecule has 0 amide bonds. The van der Waals surface area contributed by atoms with Crippen LogP contribution in [0.15, 0.2) is 4.99 Å². The van der Waals surface area contributed by atoms with Crippen molar-refractivity contribution in [3.05, 3.63) is 0 Å².